The zero-order chi connectivity index (χ0) is 29.8. The first-order valence-electron chi connectivity index (χ1n) is 15.3. The summed E-state index contributed by atoms with van der Waals surface area (Å²) in [6.45, 7) is 24.6. The first-order chi connectivity index (χ1) is 19.5. The maximum absolute atomic E-state index is 14.6. The average molecular weight is 550 g/mol. The van der Waals surface area contributed by atoms with Crippen molar-refractivity contribution in [2.75, 3.05) is 0 Å². The van der Waals surface area contributed by atoms with Crippen LogP contribution < -0.4 is 0 Å². The van der Waals surface area contributed by atoms with E-state index < -0.39 is 0 Å². The van der Waals surface area contributed by atoms with Crippen LogP contribution in [0.1, 0.15) is 93.7 Å². The second-order valence-corrected chi connectivity index (χ2v) is 12.3. The molecule has 4 rings (SSSR count). The van der Waals surface area contributed by atoms with Crippen molar-refractivity contribution in [3.05, 3.63) is 118 Å². The standard InChI is InChI=1S/C39H48FN/c1-10-32-17-18-35(34-13-11-12-33(22-34)25(2)3)23-36(32)24-41(37-19-14-26(4)15-20-37)31(9)28(6)29(7)39-27(5)16-21-38(40)30(39)8/h11-13,16-18,21-23,26,37H,2,9-10,14-15,19-20,24H2,1,3-8H3/b29-28+. The Bertz CT molecular complexity index is 1460. The predicted octanol–water partition coefficient (Wildman–Crippen LogP) is 11.1. The molecule has 216 valence electrons. The van der Waals surface area contributed by atoms with Crippen LogP contribution in [0.4, 0.5) is 4.39 Å². The highest BCUT2D eigenvalue weighted by Crippen LogP contribution is 2.36. The molecule has 0 heterocycles. The third kappa shape index (κ3) is 6.75. The largest absolute Gasteiger partial charge is 0.364 e. The molecule has 1 aliphatic carbocycles. The second-order valence-electron chi connectivity index (χ2n) is 12.3. The lowest BCUT2D eigenvalue weighted by atomic mass is 9.85. The molecule has 0 radical (unpaired) electrons. The molecule has 0 unspecified atom stereocenters. The van der Waals surface area contributed by atoms with Gasteiger partial charge in [0.25, 0.3) is 0 Å². The fourth-order valence-electron chi connectivity index (χ4n) is 6.46. The van der Waals surface area contributed by atoms with E-state index in [1.807, 2.05) is 13.0 Å². The van der Waals surface area contributed by atoms with Gasteiger partial charge in [0.15, 0.2) is 0 Å². The van der Waals surface area contributed by atoms with Gasteiger partial charge in [0.05, 0.1) is 0 Å². The van der Waals surface area contributed by atoms with Crippen LogP contribution in [0.3, 0.4) is 0 Å². The van der Waals surface area contributed by atoms with E-state index in [0.717, 1.165) is 52.4 Å². The molecule has 0 N–H and O–H groups in total. The number of hydrogen-bond acceptors (Lipinski definition) is 1. The second kappa shape index (κ2) is 13.1. The van der Waals surface area contributed by atoms with Crippen LogP contribution in [0, 0.1) is 25.6 Å². The Morgan fingerprint density at radius 1 is 0.878 bits per heavy atom. The molecule has 1 fully saturated rings. The van der Waals surface area contributed by atoms with Gasteiger partial charge < -0.3 is 4.90 Å². The normalized spacial score (nSPS) is 17.7. The number of hydrogen-bond donors (Lipinski definition) is 0. The van der Waals surface area contributed by atoms with Crippen molar-refractivity contribution in [1.29, 1.82) is 0 Å². The highest BCUT2D eigenvalue weighted by atomic mass is 19.1. The van der Waals surface area contributed by atoms with Crippen molar-refractivity contribution in [3.63, 3.8) is 0 Å². The number of allylic oxidation sites excluding steroid dienone is 3. The third-order valence-corrected chi connectivity index (χ3v) is 9.37. The van der Waals surface area contributed by atoms with Crippen LogP contribution in [-0.4, -0.2) is 10.9 Å². The minimum absolute atomic E-state index is 0.151. The van der Waals surface area contributed by atoms with Crippen LogP contribution in [0.5, 0.6) is 0 Å². The Labute approximate surface area is 248 Å². The number of nitrogens with zero attached hydrogens (tertiary/aromatic N) is 1. The van der Waals surface area contributed by atoms with Gasteiger partial charge in [0.1, 0.15) is 5.82 Å². The molecule has 3 aromatic rings. The Hall–Kier alpha value is -3.39. The summed E-state index contributed by atoms with van der Waals surface area (Å²) in [6.07, 6.45) is 5.82. The van der Waals surface area contributed by atoms with Crippen molar-refractivity contribution in [2.24, 2.45) is 5.92 Å². The molecule has 0 bridgehead atoms. The highest BCUT2D eigenvalue weighted by molar-refractivity contribution is 5.75. The summed E-state index contributed by atoms with van der Waals surface area (Å²) in [6, 6.07) is 19.5. The van der Waals surface area contributed by atoms with Gasteiger partial charge in [0, 0.05) is 18.3 Å². The van der Waals surface area contributed by atoms with Gasteiger partial charge in [-0.25, -0.2) is 4.39 Å². The summed E-state index contributed by atoms with van der Waals surface area (Å²) in [5, 5.41) is 0. The molecule has 0 aliphatic heterocycles. The summed E-state index contributed by atoms with van der Waals surface area (Å²) in [4.78, 5) is 2.57. The van der Waals surface area contributed by atoms with Gasteiger partial charge >= 0.3 is 0 Å². The van der Waals surface area contributed by atoms with Crippen molar-refractivity contribution in [3.8, 4) is 11.1 Å². The Morgan fingerprint density at radius 2 is 1.56 bits per heavy atom. The van der Waals surface area contributed by atoms with Crippen LogP contribution in [0.25, 0.3) is 22.3 Å². The number of aryl methyl sites for hydroxylation is 2. The van der Waals surface area contributed by atoms with Crippen LogP contribution in [-0.2, 0) is 13.0 Å². The summed E-state index contributed by atoms with van der Waals surface area (Å²) in [7, 11) is 0. The number of benzene rings is 3. The number of halogens is 1. The van der Waals surface area contributed by atoms with E-state index in [2.05, 4.69) is 95.5 Å². The van der Waals surface area contributed by atoms with Gasteiger partial charge in [-0.15, -0.1) is 0 Å². The first-order valence-corrected chi connectivity index (χ1v) is 15.3. The molecule has 41 heavy (non-hydrogen) atoms. The minimum Gasteiger partial charge on any atom is -0.364 e. The van der Waals surface area contributed by atoms with Crippen LogP contribution in [0.15, 0.2) is 79.0 Å². The fourth-order valence-corrected chi connectivity index (χ4v) is 6.46. The summed E-state index contributed by atoms with van der Waals surface area (Å²) in [5.74, 6) is 0.620. The Kier molecular flexibility index (Phi) is 9.74. The summed E-state index contributed by atoms with van der Waals surface area (Å²) >= 11 is 0. The van der Waals surface area contributed by atoms with Crippen LogP contribution in [0.2, 0.25) is 0 Å². The zero-order valence-electron chi connectivity index (χ0n) is 26.3. The highest BCUT2D eigenvalue weighted by Gasteiger charge is 2.27. The van der Waals surface area contributed by atoms with E-state index in [1.165, 1.54) is 53.5 Å². The molecular formula is C39H48FN. The fraction of sp³-hybridized carbons (Fsp3) is 0.385. The quantitative estimate of drug-likeness (QED) is 0.240. The van der Waals surface area contributed by atoms with E-state index >= 15 is 0 Å². The molecular weight excluding hydrogens is 501 g/mol. The SMILES string of the molecule is C=C(C)c1cccc(-c2ccc(CC)c(CN(C(=C)/C(C)=C(\C)c3c(C)ccc(F)c3C)C3CCC(C)CC3)c2)c1. The monoisotopic (exact) mass is 549 g/mol. The molecule has 3 aromatic carbocycles. The maximum atomic E-state index is 14.6. The molecule has 0 atom stereocenters. The van der Waals surface area contributed by atoms with Crippen molar-refractivity contribution in [1.82, 2.24) is 4.90 Å². The molecule has 1 aliphatic rings. The maximum Gasteiger partial charge on any atom is 0.126 e. The van der Waals surface area contributed by atoms with Gasteiger partial charge in [0.2, 0.25) is 0 Å². The number of rotatable bonds is 9. The molecule has 0 amide bonds. The predicted molar refractivity (Wildman–Crippen MR) is 176 cm³/mol. The minimum atomic E-state index is -0.151. The Balaban J connectivity index is 1.77. The molecule has 2 heteroatoms. The van der Waals surface area contributed by atoms with Gasteiger partial charge in [-0.1, -0.05) is 69.0 Å². The van der Waals surface area contributed by atoms with Crippen molar-refractivity contribution < 1.29 is 4.39 Å². The molecule has 0 saturated heterocycles. The van der Waals surface area contributed by atoms with Crippen molar-refractivity contribution in [2.45, 2.75) is 93.2 Å². The van der Waals surface area contributed by atoms with E-state index in [0.29, 0.717) is 11.6 Å². The lowest BCUT2D eigenvalue weighted by Crippen LogP contribution is -2.37. The van der Waals surface area contributed by atoms with Crippen LogP contribution >= 0.6 is 0 Å². The van der Waals surface area contributed by atoms with Gasteiger partial charge in [-0.05, 0) is 146 Å². The lowest BCUT2D eigenvalue weighted by Gasteiger charge is -2.40. The lowest BCUT2D eigenvalue weighted by molar-refractivity contribution is 0.174. The molecule has 0 aromatic heterocycles. The average Bonchev–Trinajstić information content (AvgIpc) is 2.97. The molecule has 1 saturated carbocycles. The third-order valence-electron chi connectivity index (χ3n) is 9.37. The van der Waals surface area contributed by atoms with Gasteiger partial charge in [-0.3, -0.25) is 0 Å². The summed E-state index contributed by atoms with van der Waals surface area (Å²) < 4.78 is 14.6. The molecule has 1 nitrogen and oxygen atoms in total. The van der Waals surface area contributed by atoms with E-state index in [9.17, 15) is 4.39 Å². The topological polar surface area (TPSA) is 3.24 Å². The first kappa shape index (κ1) is 30.6. The Morgan fingerprint density at radius 3 is 2.22 bits per heavy atom. The van der Waals surface area contributed by atoms with E-state index in [-0.39, 0.29) is 5.82 Å². The zero-order valence-corrected chi connectivity index (χ0v) is 26.3. The smallest absolute Gasteiger partial charge is 0.126 e. The molecule has 0 spiro atoms. The summed E-state index contributed by atoms with van der Waals surface area (Å²) in [5.41, 5.74) is 13.6. The van der Waals surface area contributed by atoms with Crippen molar-refractivity contribution >= 4 is 11.1 Å². The van der Waals surface area contributed by atoms with E-state index in [4.69, 9.17) is 6.58 Å². The van der Waals surface area contributed by atoms with Gasteiger partial charge in [-0.2, -0.15) is 0 Å². The van der Waals surface area contributed by atoms with E-state index in [1.54, 1.807) is 6.07 Å².